The minimum absolute atomic E-state index is 0.948. The van der Waals surface area contributed by atoms with Crippen LogP contribution in [0.25, 0.3) is 0 Å². The second-order valence-corrected chi connectivity index (χ2v) is 3.14. The maximum Gasteiger partial charge on any atom is 0.0164 e. The van der Waals surface area contributed by atoms with Crippen LogP contribution in [0.15, 0.2) is 23.8 Å². The Labute approximate surface area is 76.6 Å². The Kier molecular flexibility index (Phi) is 6.78. The van der Waals surface area contributed by atoms with Crippen LogP contribution in [-0.2, 0) is 0 Å². The fourth-order valence-electron chi connectivity index (χ4n) is 0.837. The van der Waals surface area contributed by atoms with E-state index >= 15 is 0 Å². The molecular weight excluding hydrogens is 146 g/mol. The van der Waals surface area contributed by atoms with Gasteiger partial charge in [-0.3, -0.25) is 0 Å². The van der Waals surface area contributed by atoms with Gasteiger partial charge in [-0.15, -0.1) is 0 Å². The average Bonchev–Trinajstić information content (AvgIpc) is 2.10. The first-order chi connectivity index (χ1) is 5.70. The highest BCUT2D eigenvalue weighted by Crippen LogP contribution is 2.04. The van der Waals surface area contributed by atoms with Crippen molar-refractivity contribution in [2.45, 2.75) is 33.6 Å². The molecule has 0 saturated heterocycles. The van der Waals surface area contributed by atoms with Crippen molar-refractivity contribution in [3.63, 3.8) is 0 Å². The van der Waals surface area contributed by atoms with Gasteiger partial charge in [0.2, 0.25) is 0 Å². The van der Waals surface area contributed by atoms with Crippen LogP contribution in [0.1, 0.15) is 33.6 Å². The topological polar surface area (TPSA) is 12.0 Å². The van der Waals surface area contributed by atoms with Crippen molar-refractivity contribution >= 4 is 0 Å². The van der Waals surface area contributed by atoms with Crippen LogP contribution in [0.5, 0.6) is 0 Å². The van der Waals surface area contributed by atoms with Crippen LogP contribution >= 0.6 is 0 Å². The summed E-state index contributed by atoms with van der Waals surface area (Å²) in [5.74, 6) is 0. The number of nitrogens with one attached hydrogen (secondary N) is 1. The molecule has 0 aromatic carbocycles. The second kappa shape index (κ2) is 7.11. The van der Waals surface area contributed by atoms with Crippen LogP contribution < -0.4 is 5.32 Å². The summed E-state index contributed by atoms with van der Waals surface area (Å²) in [6.45, 7) is 12.4. The standard InChI is InChI=1S/C11H21N/c1-5-10(3)7-8-11(4)9-12-6-2/h7,12H,4-6,8-9H2,1-3H3/b10-7+. The third-order valence-corrected chi connectivity index (χ3v) is 1.92. The lowest BCUT2D eigenvalue weighted by molar-refractivity contribution is 0.767. The first-order valence-electron chi connectivity index (χ1n) is 4.73. The van der Waals surface area contributed by atoms with Gasteiger partial charge in [-0.05, 0) is 26.3 Å². The molecule has 0 aliphatic carbocycles. The molecule has 1 nitrogen and oxygen atoms in total. The average molecular weight is 167 g/mol. The summed E-state index contributed by atoms with van der Waals surface area (Å²) in [4.78, 5) is 0. The van der Waals surface area contributed by atoms with Crippen LogP contribution in [0, 0.1) is 0 Å². The molecule has 0 radical (unpaired) electrons. The number of hydrogen-bond acceptors (Lipinski definition) is 1. The van der Waals surface area contributed by atoms with Crippen molar-refractivity contribution in [3.05, 3.63) is 23.8 Å². The van der Waals surface area contributed by atoms with Gasteiger partial charge in [0.05, 0.1) is 0 Å². The molecule has 0 aliphatic rings. The molecule has 0 aromatic rings. The summed E-state index contributed by atoms with van der Waals surface area (Å²) in [5.41, 5.74) is 2.72. The molecule has 0 bridgehead atoms. The normalized spacial score (nSPS) is 11.8. The third-order valence-electron chi connectivity index (χ3n) is 1.92. The van der Waals surface area contributed by atoms with Crippen LogP contribution in [-0.4, -0.2) is 13.1 Å². The van der Waals surface area contributed by atoms with E-state index in [4.69, 9.17) is 0 Å². The monoisotopic (exact) mass is 167 g/mol. The largest absolute Gasteiger partial charge is 0.313 e. The predicted octanol–water partition coefficient (Wildman–Crippen LogP) is 2.90. The van der Waals surface area contributed by atoms with Crippen molar-refractivity contribution in [1.29, 1.82) is 0 Å². The maximum atomic E-state index is 3.99. The molecule has 0 spiro atoms. The van der Waals surface area contributed by atoms with E-state index in [1.54, 1.807) is 0 Å². The fourth-order valence-corrected chi connectivity index (χ4v) is 0.837. The van der Waals surface area contributed by atoms with Gasteiger partial charge in [0.15, 0.2) is 0 Å². The Morgan fingerprint density at radius 1 is 1.42 bits per heavy atom. The van der Waals surface area contributed by atoms with Crippen LogP contribution in [0.3, 0.4) is 0 Å². The summed E-state index contributed by atoms with van der Waals surface area (Å²) in [7, 11) is 0. The SMILES string of the molecule is C=C(C/C=C(\C)CC)CNCC. The van der Waals surface area contributed by atoms with Gasteiger partial charge in [-0.2, -0.15) is 0 Å². The summed E-state index contributed by atoms with van der Waals surface area (Å²) < 4.78 is 0. The molecule has 1 heteroatoms. The van der Waals surface area contributed by atoms with Gasteiger partial charge in [-0.25, -0.2) is 0 Å². The molecule has 0 aliphatic heterocycles. The van der Waals surface area contributed by atoms with Crippen molar-refractivity contribution < 1.29 is 0 Å². The van der Waals surface area contributed by atoms with E-state index in [2.05, 4.69) is 38.7 Å². The quantitative estimate of drug-likeness (QED) is 0.600. The molecule has 1 N–H and O–H groups in total. The number of rotatable bonds is 6. The Morgan fingerprint density at radius 3 is 2.58 bits per heavy atom. The van der Waals surface area contributed by atoms with Crippen LogP contribution in [0.4, 0.5) is 0 Å². The minimum Gasteiger partial charge on any atom is -0.313 e. The zero-order chi connectivity index (χ0) is 9.40. The molecule has 0 atom stereocenters. The molecule has 0 unspecified atom stereocenters. The Bertz CT molecular complexity index is 156. The fraction of sp³-hybridized carbons (Fsp3) is 0.636. The molecule has 0 aromatic heterocycles. The van der Waals surface area contributed by atoms with E-state index in [1.165, 1.54) is 11.1 Å². The van der Waals surface area contributed by atoms with E-state index < -0.39 is 0 Å². The molecule has 0 amide bonds. The molecule has 0 heterocycles. The maximum absolute atomic E-state index is 3.99. The van der Waals surface area contributed by atoms with E-state index in [0.29, 0.717) is 0 Å². The van der Waals surface area contributed by atoms with Gasteiger partial charge < -0.3 is 5.32 Å². The lowest BCUT2D eigenvalue weighted by atomic mass is 10.1. The first-order valence-corrected chi connectivity index (χ1v) is 4.73. The zero-order valence-electron chi connectivity index (χ0n) is 8.61. The van der Waals surface area contributed by atoms with Crippen molar-refractivity contribution in [2.75, 3.05) is 13.1 Å². The van der Waals surface area contributed by atoms with Crippen molar-refractivity contribution in [2.24, 2.45) is 0 Å². The predicted molar refractivity (Wildman–Crippen MR) is 56.3 cm³/mol. The number of hydrogen-bond donors (Lipinski definition) is 1. The highest BCUT2D eigenvalue weighted by atomic mass is 14.8. The number of allylic oxidation sites excluding steroid dienone is 2. The summed E-state index contributed by atoms with van der Waals surface area (Å²) in [6.07, 6.45) is 4.43. The Hall–Kier alpha value is -0.560. The highest BCUT2D eigenvalue weighted by Gasteiger charge is 1.90. The van der Waals surface area contributed by atoms with Crippen LogP contribution in [0.2, 0.25) is 0 Å². The lowest BCUT2D eigenvalue weighted by Crippen LogP contribution is -2.15. The van der Waals surface area contributed by atoms with Gasteiger partial charge in [0.1, 0.15) is 0 Å². The van der Waals surface area contributed by atoms with Gasteiger partial charge in [-0.1, -0.05) is 37.6 Å². The summed E-state index contributed by atoms with van der Waals surface area (Å²) in [5, 5.41) is 3.26. The molecule has 0 saturated carbocycles. The van der Waals surface area contributed by atoms with Gasteiger partial charge >= 0.3 is 0 Å². The van der Waals surface area contributed by atoms with Gasteiger partial charge in [0, 0.05) is 6.54 Å². The summed E-state index contributed by atoms with van der Waals surface area (Å²) >= 11 is 0. The zero-order valence-corrected chi connectivity index (χ0v) is 8.61. The minimum atomic E-state index is 0.948. The van der Waals surface area contributed by atoms with E-state index in [1.807, 2.05) is 0 Å². The molecular formula is C11H21N. The molecule has 70 valence electrons. The summed E-state index contributed by atoms with van der Waals surface area (Å²) in [6, 6.07) is 0. The molecule has 0 fully saturated rings. The third kappa shape index (κ3) is 6.17. The van der Waals surface area contributed by atoms with Gasteiger partial charge in [0.25, 0.3) is 0 Å². The highest BCUT2D eigenvalue weighted by molar-refractivity contribution is 5.08. The Balaban J connectivity index is 3.56. The van der Waals surface area contributed by atoms with Crippen molar-refractivity contribution in [3.8, 4) is 0 Å². The van der Waals surface area contributed by atoms with E-state index in [-0.39, 0.29) is 0 Å². The smallest absolute Gasteiger partial charge is 0.0164 e. The second-order valence-electron chi connectivity index (χ2n) is 3.14. The first kappa shape index (κ1) is 11.4. The van der Waals surface area contributed by atoms with Crippen molar-refractivity contribution in [1.82, 2.24) is 5.32 Å². The van der Waals surface area contributed by atoms with E-state index in [9.17, 15) is 0 Å². The van der Waals surface area contributed by atoms with E-state index in [0.717, 1.165) is 25.9 Å². The lowest BCUT2D eigenvalue weighted by Gasteiger charge is -2.03. The molecule has 12 heavy (non-hydrogen) atoms. The number of likely N-dealkylation sites (N-methyl/N-ethyl adjacent to an activating group) is 1. The Morgan fingerprint density at radius 2 is 2.08 bits per heavy atom. The molecule has 0 rings (SSSR count).